The molecule has 1 aliphatic rings. The van der Waals surface area contributed by atoms with Crippen LogP contribution >= 0.6 is 34.3 Å². The minimum absolute atomic E-state index is 0.144. The predicted molar refractivity (Wildman–Crippen MR) is 148 cm³/mol. The molecule has 37 heavy (non-hydrogen) atoms. The Kier molecular flexibility index (Phi) is 7.33. The lowest BCUT2D eigenvalue weighted by atomic mass is 9.94. The van der Waals surface area contributed by atoms with Crippen molar-refractivity contribution in [3.8, 4) is 21.7 Å². The average molecular weight is 553 g/mol. The average Bonchev–Trinajstić information content (AvgIpc) is 3.35. The number of carbonyl (C=O) groups is 2. The Hall–Kier alpha value is -3.20. The van der Waals surface area contributed by atoms with Gasteiger partial charge in [-0.1, -0.05) is 35.9 Å². The summed E-state index contributed by atoms with van der Waals surface area (Å²) in [6.45, 7) is 4.05. The Bertz CT molecular complexity index is 1400. The summed E-state index contributed by atoms with van der Waals surface area (Å²) in [5.41, 5.74) is 4.60. The van der Waals surface area contributed by atoms with E-state index >= 15 is 0 Å². The summed E-state index contributed by atoms with van der Waals surface area (Å²) in [6.07, 6.45) is 2.49. The van der Waals surface area contributed by atoms with Gasteiger partial charge in [0.1, 0.15) is 6.10 Å². The van der Waals surface area contributed by atoms with E-state index in [4.69, 9.17) is 21.1 Å². The standard InChI is InChI=1S/C28H25ClN2O4S2/c1-3-34-26(32)28(11-12-28)21-7-4-18(5-8-21)22-9-6-19(15-30-22)25-23(14-24(29)37-25)31-27(33)35-17(2)20-10-13-36-16-20/h4-10,13-17H,3,11-12H2,1-2H3,(H,31,33). The van der Waals surface area contributed by atoms with Gasteiger partial charge in [-0.2, -0.15) is 11.3 Å². The van der Waals surface area contributed by atoms with Gasteiger partial charge in [0.2, 0.25) is 0 Å². The molecule has 3 aromatic heterocycles. The van der Waals surface area contributed by atoms with E-state index < -0.39 is 11.5 Å². The molecule has 0 spiro atoms. The molecule has 9 heteroatoms. The van der Waals surface area contributed by atoms with E-state index in [-0.39, 0.29) is 12.1 Å². The van der Waals surface area contributed by atoms with Crippen molar-refractivity contribution >= 4 is 52.0 Å². The number of hydrogen-bond acceptors (Lipinski definition) is 7. The van der Waals surface area contributed by atoms with E-state index in [2.05, 4.69) is 10.3 Å². The van der Waals surface area contributed by atoms with Crippen LogP contribution in [0.15, 0.2) is 65.5 Å². The molecule has 1 atom stereocenters. The minimum Gasteiger partial charge on any atom is -0.465 e. The number of carbonyl (C=O) groups excluding carboxylic acids is 2. The van der Waals surface area contributed by atoms with E-state index in [0.29, 0.717) is 16.6 Å². The van der Waals surface area contributed by atoms with Crippen LogP contribution in [0.3, 0.4) is 0 Å². The Morgan fingerprint density at radius 1 is 1.14 bits per heavy atom. The zero-order chi connectivity index (χ0) is 26.0. The molecule has 1 aliphatic carbocycles. The molecule has 0 aliphatic heterocycles. The van der Waals surface area contributed by atoms with Gasteiger partial charge in [0.25, 0.3) is 0 Å². The van der Waals surface area contributed by atoms with Gasteiger partial charge in [-0.3, -0.25) is 15.1 Å². The maximum Gasteiger partial charge on any atom is 0.412 e. The normalized spacial score (nSPS) is 14.6. The fraction of sp³-hybridized carbons (Fsp3) is 0.250. The fourth-order valence-corrected chi connectivity index (χ4v) is 6.12. The van der Waals surface area contributed by atoms with Gasteiger partial charge >= 0.3 is 12.1 Å². The van der Waals surface area contributed by atoms with Gasteiger partial charge in [0, 0.05) is 22.9 Å². The van der Waals surface area contributed by atoms with Crippen molar-refractivity contribution in [1.29, 1.82) is 0 Å². The van der Waals surface area contributed by atoms with E-state index in [9.17, 15) is 9.59 Å². The van der Waals surface area contributed by atoms with Gasteiger partial charge in [0.05, 0.1) is 32.6 Å². The largest absolute Gasteiger partial charge is 0.465 e. The van der Waals surface area contributed by atoms with Crippen molar-refractivity contribution < 1.29 is 19.1 Å². The number of anilines is 1. The van der Waals surface area contributed by atoms with Crippen molar-refractivity contribution in [3.63, 3.8) is 0 Å². The van der Waals surface area contributed by atoms with Gasteiger partial charge in [-0.15, -0.1) is 11.3 Å². The minimum atomic E-state index is -0.546. The molecule has 3 heterocycles. The summed E-state index contributed by atoms with van der Waals surface area (Å²) in [5.74, 6) is -0.144. The number of rotatable bonds is 8. The van der Waals surface area contributed by atoms with E-state index in [1.807, 2.05) is 67.1 Å². The van der Waals surface area contributed by atoms with Gasteiger partial charge in [-0.25, -0.2) is 4.79 Å². The molecule has 1 N–H and O–H groups in total. The van der Waals surface area contributed by atoms with Crippen LogP contribution in [0.5, 0.6) is 0 Å². The number of halogens is 1. The molecule has 0 saturated heterocycles. The summed E-state index contributed by atoms with van der Waals surface area (Å²) >= 11 is 9.20. The first-order valence-electron chi connectivity index (χ1n) is 11.9. The van der Waals surface area contributed by atoms with Crippen LogP contribution in [-0.4, -0.2) is 23.7 Å². The summed E-state index contributed by atoms with van der Waals surface area (Å²) in [6, 6.07) is 15.5. The van der Waals surface area contributed by atoms with Crippen LogP contribution < -0.4 is 5.32 Å². The highest BCUT2D eigenvalue weighted by atomic mass is 35.5. The number of nitrogens with zero attached hydrogens (tertiary/aromatic N) is 1. The lowest BCUT2D eigenvalue weighted by Gasteiger charge is -2.14. The summed E-state index contributed by atoms with van der Waals surface area (Å²) in [7, 11) is 0. The monoisotopic (exact) mass is 552 g/mol. The highest BCUT2D eigenvalue weighted by Crippen LogP contribution is 2.49. The number of benzene rings is 1. The van der Waals surface area contributed by atoms with Crippen molar-refractivity contribution in [3.05, 3.63) is 81.0 Å². The van der Waals surface area contributed by atoms with Crippen molar-refractivity contribution in [2.45, 2.75) is 38.2 Å². The molecule has 5 rings (SSSR count). The van der Waals surface area contributed by atoms with Gasteiger partial charge < -0.3 is 9.47 Å². The molecule has 4 aromatic rings. The Morgan fingerprint density at radius 3 is 2.51 bits per heavy atom. The van der Waals surface area contributed by atoms with Gasteiger partial charge in [0.15, 0.2) is 0 Å². The zero-order valence-corrected chi connectivity index (χ0v) is 22.7. The Balaban J connectivity index is 1.29. The smallest absolute Gasteiger partial charge is 0.412 e. The summed E-state index contributed by atoms with van der Waals surface area (Å²) in [4.78, 5) is 30.3. The summed E-state index contributed by atoms with van der Waals surface area (Å²) in [5, 5.41) is 6.72. The number of ether oxygens (including phenoxy) is 2. The lowest BCUT2D eigenvalue weighted by Crippen LogP contribution is -2.23. The predicted octanol–water partition coefficient (Wildman–Crippen LogP) is 8.10. The molecule has 6 nitrogen and oxygen atoms in total. The number of thiophene rings is 2. The first kappa shape index (κ1) is 25.4. The second kappa shape index (κ2) is 10.7. The van der Waals surface area contributed by atoms with Crippen molar-refractivity contribution in [2.24, 2.45) is 0 Å². The van der Waals surface area contributed by atoms with Crippen LogP contribution in [-0.2, 0) is 19.7 Å². The molecule has 0 radical (unpaired) electrons. The molecule has 1 fully saturated rings. The lowest BCUT2D eigenvalue weighted by molar-refractivity contribution is -0.146. The Morgan fingerprint density at radius 2 is 1.89 bits per heavy atom. The third kappa shape index (κ3) is 5.42. The quantitative estimate of drug-likeness (QED) is 0.223. The second-order valence-corrected chi connectivity index (χ2v) is 11.3. The van der Waals surface area contributed by atoms with Crippen LogP contribution in [0.2, 0.25) is 4.34 Å². The Labute approximate surface area is 228 Å². The molecule has 1 unspecified atom stereocenters. The van der Waals surface area contributed by atoms with E-state index in [0.717, 1.165) is 45.7 Å². The van der Waals surface area contributed by atoms with Crippen LogP contribution in [0.4, 0.5) is 10.5 Å². The third-order valence-electron chi connectivity index (χ3n) is 6.41. The number of nitrogens with one attached hydrogen (secondary N) is 1. The van der Waals surface area contributed by atoms with Crippen molar-refractivity contribution in [2.75, 3.05) is 11.9 Å². The van der Waals surface area contributed by atoms with Crippen LogP contribution in [0, 0.1) is 0 Å². The second-order valence-electron chi connectivity index (χ2n) is 8.83. The van der Waals surface area contributed by atoms with Crippen LogP contribution in [0.1, 0.15) is 43.9 Å². The number of esters is 1. The molecule has 0 bridgehead atoms. The molecule has 1 saturated carbocycles. The highest BCUT2D eigenvalue weighted by Gasteiger charge is 2.52. The first-order valence-corrected chi connectivity index (χ1v) is 14.1. The molecule has 190 valence electrons. The number of aromatic nitrogens is 1. The van der Waals surface area contributed by atoms with E-state index in [1.165, 1.54) is 11.3 Å². The number of amides is 1. The maximum atomic E-state index is 12.5. The third-order valence-corrected chi connectivity index (χ3v) is 8.42. The molecular formula is C28H25ClN2O4S2. The van der Waals surface area contributed by atoms with Crippen molar-refractivity contribution in [1.82, 2.24) is 4.98 Å². The topological polar surface area (TPSA) is 77.5 Å². The highest BCUT2D eigenvalue weighted by molar-refractivity contribution is 7.20. The number of hydrogen-bond donors (Lipinski definition) is 1. The van der Waals surface area contributed by atoms with Gasteiger partial charge in [-0.05, 0) is 67.3 Å². The zero-order valence-electron chi connectivity index (χ0n) is 20.3. The molecular weight excluding hydrogens is 528 g/mol. The maximum absolute atomic E-state index is 12.5. The SMILES string of the molecule is CCOC(=O)C1(c2ccc(-c3ccc(-c4sc(Cl)cc4NC(=O)OC(C)c4ccsc4)cn3)cc2)CC1. The fourth-order valence-electron chi connectivity index (χ4n) is 4.21. The first-order chi connectivity index (χ1) is 17.9. The summed E-state index contributed by atoms with van der Waals surface area (Å²) < 4.78 is 11.3. The molecule has 1 aromatic carbocycles. The number of pyridine rings is 1. The van der Waals surface area contributed by atoms with Crippen LogP contribution in [0.25, 0.3) is 21.7 Å². The van der Waals surface area contributed by atoms with E-state index in [1.54, 1.807) is 23.6 Å². The molecule has 1 amide bonds.